The van der Waals surface area contributed by atoms with Crippen molar-refractivity contribution in [3.05, 3.63) is 35.4 Å². The fourth-order valence-electron chi connectivity index (χ4n) is 2.10. The van der Waals surface area contributed by atoms with Crippen LogP contribution in [0.3, 0.4) is 0 Å². The van der Waals surface area contributed by atoms with Gasteiger partial charge in [0.1, 0.15) is 6.10 Å². The smallest absolute Gasteiger partial charge is 0.390 e. The molecule has 2 unspecified atom stereocenters. The van der Waals surface area contributed by atoms with E-state index >= 15 is 0 Å². The topological polar surface area (TPSA) is 40.5 Å². The first-order chi connectivity index (χ1) is 8.81. The number of rotatable bonds is 5. The van der Waals surface area contributed by atoms with Gasteiger partial charge in [-0.3, -0.25) is 0 Å². The molecule has 1 rings (SSSR count). The van der Waals surface area contributed by atoms with E-state index in [1.807, 2.05) is 13.8 Å². The monoisotopic (exact) mass is 276 g/mol. The third kappa shape index (κ3) is 3.94. The summed E-state index contributed by atoms with van der Waals surface area (Å²) in [5, 5.41) is 20.0. The van der Waals surface area contributed by atoms with Gasteiger partial charge in [0.2, 0.25) is 0 Å². The van der Waals surface area contributed by atoms with Gasteiger partial charge in [0.15, 0.2) is 0 Å². The van der Waals surface area contributed by atoms with Crippen LogP contribution < -0.4 is 0 Å². The second kappa shape index (κ2) is 6.39. The Labute approximate surface area is 110 Å². The minimum atomic E-state index is -4.39. The van der Waals surface area contributed by atoms with Crippen molar-refractivity contribution < 1.29 is 23.4 Å². The van der Waals surface area contributed by atoms with Crippen molar-refractivity contribution in [3.8, 4) is 0 Å². The molecular weight excluding hydrogens is 257 g/mol. The molecule has 0 aromatic heterocycles. The molecule has 2 nitrogen and oxygen atoms in total. The highest BCUT2D eigenvalue weighted by Gasteiger charge is 2.31. The fourth-order valence-corrected chi connectivity index (χ4v) is 2.10. The highest BCUT2D eigenvalue weighted by molar-refractivity contribution is 5.26. The van der Waals surface area contributed by atoms with Crippen LogP contribution in [0.5, 0.6) is 0 Å². The Morgan fingerprint density at radius 2 is 1.47 bits per heavy atom. The van der Waals surface area contributed by atoms with Gasteiger partial charge in [0.05, 0.1) is 11.7 Å². The first-order valence-electron chi connectivity index (χ1n) is 6.34. The summed E-state index contributed by atoms with van der Waals surface area (Å²) >= 11 is 0. The Balaban J connectivity index is 2.86. The number of aliphatic hydroxyl groups excluding tert-OH is 2. The molecule has 0 saturated carbocycles. The van der Waals surface area contributed by atoms with E-state index < -0.39 is 23.9 Å². The largest absolute Gasteiger partial charge is 0.416 e. The summed E-state index contributed by atoms with van der Waals surface area (Å²) in [6.45, 7) is 3.80. The van der Waals surface area contributed by atoms with Crippen molar-refractivity contribution in [2.24, 2.45) is 5.92 Å². The van der Waals surface area contributed by atoms with E-state index in [0.29, 0.717) is 18.4 Å². The Morgan fingerprint density at radius 3 is 1.84 bits per heavy atom. The molecule has 0 saturated heterocycles. The van der Waals surface area contributed by atoms with E-state index in [1.165, 1.54) is 12.1 Å². The van der Waals surface area contributed by atoms with E-state index in [1.54, 1.807) is 0 Å². The quantitative estimate of drug-likeness (QED) is 0.863. The number of aliphatic hydroxyl groups is 2. The van der Waals surface area contributed by atoms with E-state index in [4.69, 9.17) is 0 Å². The van der Waals surface area contributed by atoms with Gasteiger partial charge in [-0.15, -0.1) is 0 Å². The van der Waals surface area contributed by atoms with Crippen LogP contribution in [0.25, 0.3) is 0 Å². The molecule has 0 amide bonds. The summed E-state index contributed by atoms with van der Waals surface area (Å²) in [5.41, 5.74) is -0.465. The highest BCUT2D eigenvalue weighted by atomic mass is 19.4. The lowest BCUT2D eigenvalue weighted by Crippen LogP contribution is -2.27. The molecule has 0 aliphatic heterocycles. The van der Waals surface area contributed by atoms with Gasteiger partial charge in [-0.1, -0.05) is 38.8 Å². The molecule has 0 radical (unpaired) electrons. The maximum Gasteiger partial charge on any atom is 0.416 e. The van der Waals surface area contributed by atoms with Crippen LogP contribution in [0.15, 0.2) is 24.3 Å². The molecule has 19 heavy (non-hydrogen) atoms. The molecule has 2 N–H and O–H groups in total. The molecule has 5 heteroatoms. The zero-order chi connectivity index (χ0) is 14.6. The number of hydrogen-bond donors (Lipinski definition) is 2. The van der Waals surface area contributed by atoms with Crippen LogP contribution in [0.4, 0.5) is 13.2 Å². The Morgan fingerprint density at radius 1 is 1.00 bits per heavy atom. The normalized spacial score (nSPS) is 15.6. The summed E-state index contributed by atoms with van der Waals surface area (Å²) < 4.78 is 37.2. The summed E-state index contributed by atoms with van der Waals surface area (Å²) in [4.78, 5) is 0. The summed E-state index contributed by atoms with van der Waals surface area (Å²) in [5.74, 6) is -0.0720. The van der Waals surface area contributed by atoms with E-state index in [2.05, 4.69) is 0 Å². The lowest BCUT2D eigenvalue weighted by molar-refractivity contribution is -0.137. The van der Waals surface area contributed by atoms with Gasteiger partial charge < -0.3 is 10.2 Å². The molecule has 0 aliphatic carbocycles. The molecule has 0 spiro atoms. The van der Waals surface area contributed by atoms with Gasteiger partial charge in [0, 0.05) is 0 Å². The Hall–Kier alpha value is -1.07. The average molecular weight is 276 g/mol. The summed E-state index contributed by atoms with van der Waals surface area (Å²) in [6.07, 6.45) is -5.11. The highest BCUT2D eigenvalue weighted by Crippen LogP contribution is 2.31. The van der Waals surface area contributed by atoms with Crippen LogP contribution >= 0.6 is 0 Å². The number of halogens is 3. The third-order valence-corrected chi connectivity index (χ3v) is 3.43. The maximum absolute atomic E-state index is 12.4. The SMILES string of the molecule is CCC(CC)C(O)C(O)c1ccc(C(F)(F)F)cc1. The van der Waals surface area contributed by atoms with Crippen molar-refractivity contribution in [1.29, 1.82) is 0 Å². The summed E-state index contributed by atoms with van der Waals surface area (Å²) in [6, 6.07) is 4.24. The minimum Gasteiger partial charge on any atom is -0.390 e. The Kier molecular flexibility index (Phi) is 5.38. The van der Waals surface area contributed by atoms with Gasteiger partial charge in [-0.25, -0.2) is 0 Å². The number of alkyl halides is 3. The maximum atomic E-state index is 12.4. The average Bonchev–Trinajstić information content (AvgIpc) is 2.38. The van der Waals surface area contributed by atoms with Crippen molar-refractivity contribution in [1.82, 2.24) is 0 Å². The van der Waals surface area contributed by atoms with Crippen molar-refractivity contribution >= 4 is 0 Å². The van der Waals surface area contributed by atoms with E-state index in [9.17, 15) is 23.4 Å². The second-order valence-corrected chi connectivity index (χ2v) is 4.63. The van der Waals surface area contributed by atoms with Crippen molar-refractivity contribution in [2.75, 3.05) is 0 Å². The molecule has 0 heterocycles. The molecule has 0 bridgehead atoms. The van der Waals surface area contributed by atoms with Crippen LogP contribution in [0.1, 0.15) is 43.9 Å². The standard InChI is InChI=1S/C14H19F3O2/c1-3-9(4-2)12(18)13(19)10-5-7-11(8-6-10)14(15,16)17/h5-9,12-13,18-19H,3-4H2,1-2H3. The molecule has 0 aliphatic rings. The Bertz CT molecular complexity index is 383. The fraction of sp³-hybridized carbons (Fsp3) is 0.571. The van der Waals surface area contributed by atoms with Crippen molar-refractivity contribution in [3.63, 3.8) is 0 Å². The molecule has 2 atom stereocenters. The van der Waals surface area contributed by atoms with Crippen LogP contribution in [-0.4, -0.2) is 16.3 Å². The molecule has 0 fully saturated rings. The van der Waals surface area contributed by atoms with E-state index in [-0.39, 0.29) is 5.92 Å². The predicted molar refractivity (Wildman–Crippen MR) is 66.5 cm³/mol. The van der Waals surface area contributed by atoms with Crippen molar-refractivity contribution in [2.45, 2.75) is 45.1 Å². The van der Waals surface area contributed by atoms with Gasteiger partial charge in [0.25, 0.3) is 0 Å². The first-order valence-corrected chi connectivity index (χ1v) is 6.34. The first kappa shape index (κ1) is 16.0. The molecule has 108 valence electrons. The molecular formula is C14H19F3O2. The van der Waals surface area contributed by atoms with Crippen LogP contribution in [-0.2, 0) is 6.18 Å². The third-order valence-electron chi connectivity index (χ3n) is 3.43. The lowest BCUT2D eigenvalue weighted by atomic mass is 9.89. The van der Waals surface area contributed by atoms with Gasteiger partial charge >= 0.3 is 6.18 Å². The number of benzene rings is 1. The molecule has 1 aromatic carbocycles. The van der Waals surface area contributed by atoms with Crippen LogP contribution in [0.2, 0.25) is 0 Å². The minimum absolute atomic E-state index is 0.0720. The predicted octanol–water partition coefficient (Wildman–Crippen LogP) is 3.54. The lowest BCUT2D eigenvalue weighted by Gasteiger charge is -2.25. The zero-order valence-corrected chi connectivity index (χ0v) is 11.0. The number of hydrogen-bond acceptors (Lipinski definition) is 2. The zero-order valence-electron chi connectivity index (χ0n) is 11.0. The van der Waals surface area contributed by atoms with Gasteiger partial charge in [-0.05, 0) is 23.6 Å². The second-order valence-electron chi connectivity index (χ2n) is 4.63. The van der Waals surface area contributed by atoms with E-state index in [0.717, 1.165) is 12.1 Å². The summed E-state index contributed by atoms with van der Waals surface area (Å²) in [7, 11) is 0. The van der Waals surface area contributed by atoms with Gasteiger partial charge in [-0.2, -0.15) is 13.2 Å². The van der Waals surface area contributed by atoms with Crippen LogP contribution in [0, 0.1) is 5.92 Å². The molecule has 1 aromatic rings.